The molecule has 1 fully saturated rings. The molecule has 94 valence electrons. The zero-order chi connectivity index (χ0) is 12.5. The molecule has 1 aromatic carbocycles. The molecule has 1 nitrogen and oxygen atoms in total. The van der Waals surface area contributed by atoms with Crippen molar-refractivity contribution in [2.45, 2.75) is 37.0 Å². The van der Waals surface area contributed by atoms with Gasteiger partial charge in [-0.15, -0.1) is 0 Å². The molecule has 0 spiro atoms. The second-order valence-electron chi connectivity index (χ2n) is 4.61. The highest BCUT2D eigenvalue weighted by atomic mass is 79.9. The molecule has 1 saturated heterocycles. The van der Waals surface area contributed by atoms with Gasteiger partial charge in [0.1, 0.15) is 5.82 Å². The van der Waals surface area contributed by atoms with E-state index in [0.717, 1.165) is 24.2 Å². The fourth-order valence-corrected chi connectivity index (χ4v) is 3.82. The first kappa shape index (κ1) is 13.4. The Morgan fingerprint density at radius 2 is 2.35 bits per heavy atom. The first-order chi connectivity index (χ1) is 8.03. The number of hydrogen-bond donors (Lipinski definition) is 1. The Kier molecular flexibility index (Phi) is 4.16. The lowest BCUT2D eigenvalue weighted by atomic mass is 9.87. The molecule has 0 aliphatic carbocycles. The van der Waals surface area contributed by atoms with Crippen molar-refractivity contribution < 1.29 is 9.50 Å². The Morgan fingerprint density at radius 3 is 3.06 bits per heavy atom. The van der Waals surface area contributed by atoms with Gasteiger partial charge in [0.25, 0.3) is 0 Å². The van der Waals surface area contributed by atoms with Crippen LogP contribution in [0.25, 0.3) is 0 Å². The Labute approximate surface area is 114 Å². The van der Waals surface area contributed by atoms with E-state index in [1.54, 1.807) is 17.8 Å². The fraction of sp³-hybridized carbons (Fsp3) is 0.538. The maximum atomic E-state index is 13.4. The summed E-state index contributed by atoms with van der Waals surface area (Å²) in [6.07, 6.45) is 2.34. The summed E-state index contributed by atoms with van der Waals surface area (Å²) in [5.74, 6) is 0.843. The molecule has 2 rings (SSSR count). The second-order valence-corrected chi connectivity index (χ2v) is 6.85. The number of thioether (sulfide) groups is 1. The topological polar surface area (TPSA) is 20.2 Å². The van der Waals surface area contributed by atoms with E-state index in [1.165, 1.54) is 6.07 Å². The summed E-state index contributed by atoms with van der Waals surface area (Å²) in [6, 6.07) is 4.99. The smallest absolute Gasteiger partial charge is 0.137 e. The van der Waals surface area contributed by atoms with Gasteiger partial charge in [-0.25, -0.2) is 4.39 Å². The minimum absolute atomic E-state index is 0.200. The molecule has 1 heterocycles. The zero-order valence-corrected chi connectivity index (χ0v) is 12.2. The molecule has 17 heavy (non-hydrogen) atoms. The van der Waals surface area contributed by atoms with Crippen molar-refractivity contribution in [3.05, 3.63) is 34.1 Å². The van der Waals surface area contributed by atoms with E-state index >= 15 is 0 Å². The summed E-state index contributed by atoms with van der Waals surface area (Å²) in [5.41, 5.74) is 0.140. The summed E-state index contributed by atoms with van der Waals surface area (Å²) in [5, 5.41) is 10.8. The van der Waals surface area contributed by atoms with Crippen molar-refractivity contribution in [2.75, 3.05) is 5.75 Å². The van der Waals surface area contributed by atoms with Crippen LogP contribution in [0.4, 0.5) is 4.39 Å². The minimum Gasteiger partial charge on any atom is -0.388 e. The van der Waals surface area contributed by atoms with Gasteiger partial charge in [-0.05, 0) is 46.2 Å². The van der Waals surface area contributed by atoms with Crippen LogP contribution in [0.2, 0.25) is 0 Å². The van der Waals surface area contributed by atoms with Gasteiger partial charge < -0.3 is 5.11 Å². The van der Waals surface area contributed by atoms with Gasteiger partial charge in [0.15, 0.2) is 0 Å². The van der Waals surface area contributed by atoms with Crippen molar-refractivity contribution in [1.82, 2.24) is 0 Å². The van der Waals surface area contributed by atoms with Gasteiger partial charge in [0, 0.05) is 11.7 Å². The van der Waals surface area contributed by atoms with Crippen LogP contribution in [0.15, 0.2) is 22.7 Å². The Morgan fingerprint density at radius 1 is 1.59 bits per heavy atom. The van der Waals surface area contributed by atoms with Crippen molar-refractivity contribution in [1.29, 1.82) is 0 Å². The Balaban J connectivity index is 2.22. The first-order valence-corrected chi connectivity index (χ1v) is 7.64. The fourth-order valence-electron chi connectivity index (χ4n) is 2.24. The lowest BCUT2D eigenvalue weighted by Gasteiger charge is -2.38. The van der Waals surface area contributed by atoms with Crippen molar-refractivity contribution in [2.24, 2.45) is 0 Å². The number of benzene rings is 1. The zero-order valence-electron chi connectivity index (χ0n) is 9.75. The molecule has 0 radical (unpaired) electrons. The second kappa shape index (κ2) is 5.29. The van der Waals surface area contributed by atoms with E-state index in [4.69, 9.17) is 0 Å². The molecule has 1 aliphatic heterocycles. The van der Waals surface area contributed by atoms with Crippen LogP contribution in [0.1, 0.15) is 25.3 Å². The van der Waals surface area contributed by atoms with Gasteiger partial charge in [0.05, 0.1) is 10.1 Å². The van der Waals surface area contributed by atoms with Gasteiger partial charge in [-0.1, -0.05) is 19.1 Å². The monoisotopic (exact) mass is 318 g/mol. The molecule has 4 heteroatoms. The molecule has 0 saturated carbocycles. The van der Waals surface area contributed by atoms with Gasteiger partial charge in [-0.3, -0.25) is 0 Å². The molecular weight excluding hydrogens is 303 g/mol. The van der Waals surface area contributed by atoms with E-state index in [9.17, 15) is 9.50 Å². The average Bonchev–Trinajstić information content (AvgIpc) is 2.29. The third kappa shape index (κ3) is 2.85. The molecule has 0 amide bonds. The quantitative estimate of drug-likeness (QED) is 0.895. The Bertz CT molecular complexity index is 412. The third-order valence-electron chi connectivity index (χ3n) is 3.41. The van der Waals surface area contributed by atoms with E-state index < -0.39 is 5.60 Å². The van der Waals surface area contributed by atoms with Crippen LogP contribution < -0.4 is 0 Å². The standard InChI is InChI=1S/C13H16BrFOS/c1-9-13(16,6-3-7-17-9)8-10-4-2-5-11(15)12(10)14/h2,4-5,9,16H,3,6-8H2,1H3. The number of hydrogen-bond acceptors (Lipinski definition) is 2. The first-order valence-electron chi connectivity index (χ1n) is 5.80. The largest absolute Gasteiger partial charge is 0.388 e. The predicted molar refractivity (Wildman–Crippen MR) is 73.9 cm³/mol. The van der Waals surface area contributed by atoms with E-state index in [-0.39, 0.29) is 11.1 Å². The van der Waals surface area contributed by atoms with Crippen LogP contribution in [0, 0.1) is 5.82 Å². The molecular formula is C13H16BrFOS. The normalized spacial score (nSPS) is 29.3. The molecule has 2 unspecified atom stereocenters. The summed E-state index contributed by atoms with van der Waals surface area (Å²) < 4.78 is 13.9. The summed E-state index contributed by atoms with van der Waals surface area (Å²) in [6.45, 7) is 2.05. The van der Waals surface area contributed by atoms with Crippen LogP contribution in [-0.4, -0.2) is 21.7 Å². The van der Waals surface area contributed by atoms with Crippen molar-refractivity contribution >= 4 is 27.7 Å². The Hall–Kier alpha value is -0.0600. The van der Waals surface area contributed by atoms with Crippen LogP contribution >= 0.6 is 27.7 Å². The number of halogens is 2. The minimum atomic E-state index is -0.709. The summed E-state index contributed by atoms with van der Waals surface area (Å²) in [4.78, 5) is 0. The summed E-state index contributed by atoms with van der Waals surface area (Å²) in [7, 11) is 0. The van der Waals surface area contributed by atoms with Gasteiger partial charge >= 0.3 is 0 Å². The van der Waals surface area contributed by atoms with Crippen LogP contribution in [0.3, 0.4) is 0 Å². The SMILES string of the molecule is CC1SCCCC1(O)Cc1cccc(F)c1Br. The van der Waals surface area contributed by atoms with Gasteiger partial charge in [0.2, 0.25) is 0 Å². The van der Waals surface area contributed by atoms with E-state index in [0.29, 0.717) is 10.9 Å². The molecule has 0 bridgehead atoms. The third-order valence-corrected chi connectivity index (χ3v) is 5.76. The average molecular weight is 319 g/mol. The predicted octanol–water partition coefficient (Wildman–Crippen LogP) is 3.78. The number of rotatable bonds is 2. The van der Waals surface area contributed by atoms with Crippen LogP contribution in [0.5, 0.6) is 0 Å². The van der Waals surface area contributed by atoms with Gasteiger partial charge in [-0.2, -0.15) is 11.8 Å². The molecule has 1 N–H and O–H groups in total. The van der Waals surface area contributed by atoms with Crippen LogP contribution in [-0.2, 0) is 6.42 Å². The van der Waals surface area contributed by atoms with E-state index in [2.05, 4.69) is 22.9 Å². The number of aliphatic hydroxyl groups is 1. The molecule has 0 aromatic heterocycles. The molecule has 1 aromatic rings. The maximum Gasteiger partial charge on any atom is 0.137 e. The molecule has 2 atom stereocenters. The summed E-state index contributed by atoms with van der Waals surface area (Å²) >= 11 is 5.05. The highest BCUT2D eigenvalue weighted by molar-refractivity contribution is 9.10. The maximum absolute atomic E-state index is 13.4. The highest BCUT2D eigenvalue weighted by Crippen LogP contribution is 2.37. The molecule has 1 aliphatic rings. The lowest BCUT2D eigenvalue weighted by molar-refractivity contribution is 0.0295. The lowest BCUT2D eigenvalue weighted by Crippen LogP contribution is -2.43. The van der Waals surface area contributed by atoms with Crippen molar-refractivity contribution in [3.63, 3.8) is 0 Å². The highest BCUT2D eigenvalue weighted by Gasteiger charge is 2.37. The van der Waals surface area contributed by atoms with Crippen molar-refractivity contribution in [3.8, 4) is 0 Å². The van der Waals surface area contributed by atoms with E-state index in [1.807, 2.05) is 6.07 Å².